The van der Waals surface area contributed by atoms with Gasteiger partial charge in [-0.15, -0.1) is 0 Å². The van der Waals surface area contributed by atoms with E-state index in [0.29, 0.717) is 12.3 Å². The van der Waals surface area contributed by atoms with Crippen LogP contribution >= 0.6 is 0 Å². The van der Waals surface area contributed by atoms with Gasteiger partial charge >= 0.3 is 0 Å². The van der Waals surface area contributed by atoms with E-state index in [9.17, 15) is 9.18 Å². The molecule has 0 radical (unpaired) electrons. The minimum absolute atomic E-state index is 0.0362. The molecular formula is C17H18FNO2. The topological polar surface area (TPSA) is 38.3 Å². The van der Waals surface area contributed by atoms with E-state index in [2.05, 4.69) is 5.32 Å². The number of amides is 1. The van der Waals surface area contributed by atoms with Crippen LogP contribution in [0.15, 0.2) is 42.5 Å². The fraction of sp³-hybridized carbons (Fsp3) is 0.235. The largest absolute Gasteiger partial charge is 0.483 e. The molecule has 2 rings (SSSR count). The summed E-state index contributed by atoms with van der Waals surface area (Å²) in [5, 5.41) is 2.74. The molecule has 0 spiro atoms. The highest BCUT2D eigenvalue weighted by molar-refractivity contribution is 5.77. The van der Waals surface area contributed by atoms with E-state index in [0.717, 1.165) is 16.7 Å². The Kier molecular flexibility index (Phi) is 4.93. The molecule has 2 aromatic carbocycles. The van der Waals surface area contributed by atoms with Crippen LogP contribution in [0.2, 0.25) is 0 Å². The Morgan fingerprint density at radius 2 is 1.86 bits per heavy atom. The van der Waals surface area contributed by atoms with Gasteiger partial charge in [0, 0.05) is 6.54 Å². The molecular weight excluding hydrogens is 269 g/mol. The lowest BCUT2D eigenvalue weighted by molar-refractivity contribution is -0.123. The number of carbonyl (C=O) groups excluding carboxylic acids is 1. The molecule has 3 nitrogen and oxygen atoms in total. The summed E-state index contributed by atoms with van der Waals surface area (Å²) in [6.45, 7) is 4.23. The molecule has 0 unspecified atom stereocenters. The minimum atomic E-state index is -0.289. The number of ether oxygens (including phenoxy) is 1. The molecule has 1 amide bonds. The van der Waals surface area contributed by atoms with Gasteiger partial charge in [-0.3, -0.25) is 4.79 Å². The monoisotopic (exact) mass is 287 g/mol. The molecule has 4 heteroatoms. The van der Waals surface area contributed by atoms with E-state index in [-0.39, 0.29) is 18.3 Å². The van der Waals surface area contributed by atoms with Crippen molar-refractivity contribution >= 4 is 5.91 Å². The highest BCUT2D eigenvalue weighted by Crippen LogP contribution is 2.18. The molecule has 0 saturated heterocycles. The van der Waals surface area contributed by atoms with E-state index < -0.39 is 0 Å². The van der Waals surface area contributed by atoms with E-state index in [1.165, 1.54) is 12.1 Å². The van der Waals surface area contributed by atoms with Crippen LogP contribution in [0.4, 0.5) is 4.39 Å². The first-order valence-corrected chi connectivity index (χ1v) is 6.76. The Balaban J connectivity index is 1.82. The number of aryl methyl sites for hydroxylation is 2. The van der Waals surface area contributed by atoms with E-state index in [4.69, 9.17) is 4.74 Å². The van der Waals surface area contributed by atoms with Gasteiger partial charge in [0.15, 0.2) is 6.61 Å². The maximum absolute atomic E-state index is 12.8. The van der Waals surface area contributed by atoms with E-state index in [1.54, 1.807) is 12.1 Å². The van der Waals surface area contributed by atoms with Crippen LogP contribution in [0.25, 0.3) is 0 Å². The zero-order valence-corrected chi connectivity index (χ0v) is 12.2. The van der Waals surface area contributed by atoms with Gasteiger partial charge < -0.3 is 10.1 Å². The molecule has 0 aromatic heterocycles. The molecule has 1 N–H and O–H groups in total. The molecule has 0 heterocycles. The van der Waals surface area contributed by atoms with Crippen LogP contribution in [0.5, 0.6) is 5.75 Å². The molecule has 0 aliphatic carbocycles. The normalized spacial score (nSPS) is 10.2. The van der Waals surface area contributed by atoms with Gasteiger partial charge in [0.2, 0.25) is 0 Å². The van der Waals surface area contributed by atoms with Gasteiger partial charge in [0.05, 0.1) is 0 Å². The van der Waals surface area contributed by atoms with Gasteiger partial charge in [-0.1, -0.05) is 24.3 Å². The third kappa shape index (κ3) is 4.60. The molecule has 0 bridgehead atoms. The molecule has 2 aromatic rings. The second kappa shape index (κ2) is 6.88. The summed E-state index contributed by atoms with van der Waals surface area (Å²) in [4.78, 5) is 11.7. The van der Waals surface area contributed by atoms with Gasteiger partial charge in [-0.05, 0) is 48.7 Å². The Labute approximate surface area is 123 Å². The highest BCUT2D eigenvalue weighted by Gasteiger charge is 2.05. The fourth-order valence-corrected chi connectivity index (χ4v) is 1.86. The first-order chi connectivity index (χ1) is 10.0. The van der Waals surface area contributed by atoms with Crippen LogP contribution < -0.4 is 10.1 Å². The molecule has 110 valence electrons. The molecule has 0 fully saturated rings. The third-order valence-corrected chi connectivity index (χ3v) is 3.11. The summed E-state index contributed by atoms with van der Waals surface area (Å²) < 4.78 is 18.3. The SMILES string of the molecule is Cc1ccc(C)c(OCC(=O)NCc2ccc(F)cc2)c1. The third-order valence-electron chi connectivity index (χ3n) is 3.11. The summed E-state index contributed by atoms with van der Waals surface area (Å²) in [5.74, 6) is 0.218. The summed E-state index contributed by atoms with van der Waals surface area (Å²) in [7, 11) is 0. The highest BCUT2D eigenvalue weighted by atomic mass is 19.1. The fourth-order valence-electron chi connectivity index (χ4n) is 1.86. The summed E-state index contributed by atoms with van der Waals surface area (Å²) in [5.41, 5.74) is 2.92. The van der Waals surface area contributed by atoms with E-state index in [1.807, 2.05) is 32.0 Å². The van der Waals surface area contributed by atoms with Crippen molar-refractivity contribution in [1.82, 2.24) is 5.32 Å². The second-order valence-corrected chi connectivity index (χ2v) is 4.96. The van der Waals surface area contributed by atoms with Crippen molar-refractivity contribution < 1.29 is 13.9 Å². The van der Waals surface area contributed by atoms with Gasteiger partial charge in [-0.25, -0.2) is 4.39 Å². The van der Waals surface area contributed by atoms with Crippen molar-refractivity contribution in [3.05, 3.63) is 65.0 Å². The van der Waals surface area contributed by atoms with Crippen LogP contribution in [0.1, 0.15) is 16.7 Å². The van der Waals surface area contributed by atoms with Crippen molar-refractivity contribution in [2.45, 2.75) is 20.4 Å². The zero-order chi connectivity index (χ0) is 15.2. The van der Waals surface area contributed by atoms with Crippen molar-refractivity contribution in [2.75, 3.05) is 6.61 Å². The summed E-state index contributed by atoms with van der Waals surface area (Å²) in [6, 6.07) is 11.9. The number of carbonyl (C=O) groups is 1. The average Bonchev–Trinajstić information content (AvgIpc) is 2.47. The first-order valence-electron chi connectivity index (χ1n) is 6.76. The Bertz CT molecular complexity index is 623. The van der Waals surface area contributed by atoms with E-state index >= 15 is 0 Å². The Morgan fingerprint density at radius 3 is 2.57 bits per heavy atom. The standard InChI is InChI=1S/C17H18FNO2/c1-12-3-4-13(2)16(9-12)21-11-17(20)19-10-14-5-7-15(18)8-6-14/h3-9H,10-11H2,1-2H3,(H,19,20). The molecule has 21 heavy (non-hydrogen) atoms. The van der Waals surface area contributed by atoms with Crippen LogP contribution in [0, 0.1) is 19.7 Å². The van der Waals surface area contributed by atoms with Crippen LogP contribution in [-0.2, 0) is 11.3 Å². The minimum Gasteiger partial charge on any atom is -0.483 e. The number of rotatable bonds is 5. The molecule has 0 saturated carbocycles. The number of benzene rings is 2. The van der Waals surface area contributed by atoms with Crippen molar-refractivity contribution in [3.8, 4) is 5.75 Å². The maximum atomic E-state index is 12.8. The van der Waals surface area contributed by atoms with Crippen LogP contribution in [-0.4, -0.2) is 12.5 Å². The number of hydrogen-bond acceptors (Lipinski definition) is 2. The lowest BCUT2D eigenvalue weighted by Gasteiger charge is -2.10. The average molecular weight is 287 g/mol. The Hall–Kier alpha value is -2.36. The van der Waals surface area contributed by atoms with Gasteiger partial charge in [0.25, 0.3) is 5.91 Å². The zero-order valence-electron chi connectivity index (χ0n) is 12.2. The predicted molar refractivity (Wildman–Crippen MR) is 79.7 cm³/mol. The second-order valence-electron chi connectivity index (χ2n) is 4.96. The first kappa shape index (κ1) is 15.0. The number of halogens is 1. The van der Waals surface area contributed by atoms with Gasteiger partial charge in [0.1, 0.15) is 11.6 Å². The molecule has 0 atom stereocenters. The molecule has 0 aliphatic rings. The molecule has 0 aliphatic heterocycles. The predicted octanol–water partition coefficient (Wildman–Crippen LogP) is 3.14. The summed E-state index contributed by atoms with van der Waals surface area (Å²) >= 11 is 0. The lowest BCUT2D eigenvalue weighted by atomic mass is 10.1. The summed E-state index contributed by atoms with van der Waals surface area (Å²) in [6.07, 6.45) is 0. The van der Waals surface area contributed by atoms with Crippen molar-refractivity contribution in [1.29, 1.82) is 0 Å². The van der Waals surface area contributed by atoms with Crippen molar-refractivity contribution in [2.24, 2.45) is 0 Å². The lowest BCUT2D eigenvalue weighted by Crippen LogP contribution is -2.28. The van der Waals surface area contributed by atoms with Crippen LogP contribution in [0.3, 0.4) is 0 Å². The van der Waals surface area contributed by atoms with Gasteiger partial charge in [-0.2, -0.15) is 0 Å². The maximum Gasteiger partial charge on any atom is 0.258 e. The van der Waals surface area contributed by atoms with Crippen molar-refractivity contribution in [3.63, 3.8) is 0 Å². The smallest absolute Gasteiger partial charge is 0.258 e. The quantitative estimate of drug-likeness (QED) is 0.917. The number of nitrogens with one attached hydrogen (secondary N) is 1. The number of hydrogen-bond donors (Lipinski definition) is 1. The Morgan fingerprint density at radius 1 is 1.14 bits per heavy atom.